The zero-order chi connectivity index (χ0) is 14.2. The molecule has 1 N–H and O–H groups in total. The molecule has 0 aliphatic heterocycles. The number of esters is 1. The van der Waals surface area contributed by atoms with Gasteiger partial charge in [-0.25, -0.2) is 4.79 Å². The normalized spacial score (nSPS) is 12.7. The molecule has 0 rings (SSSR count). The Kier molecular flexibility index (Phi) is 7.35. The molecule has 1 atom stereocenters. The van der Waals surface area contributed by atoms with Crippen molar-refractivity contribution in [3.63, 3.8) is 0 Å². The van der Waals surface area contributed by atoms with Crippen molar-refractivity contribution in [3.05, 3.63) is 0 Å². The van der Waals surface area contributed by atoms with Crippen LogP contribution in [0.4, 0.5) is 4.79 Å². The lowest BCUT2D eigenvalue weighted by Crippen LogP contribution is -2.36. The minimum Gasteiger partial charge on any atom is -0.469 e. The second-order valence-electron chi connectivity index (χ2n) is 4.91. The van der Waals surface area contributed by atoms with Gasteiger partial charge in [-0.05, 0) is 27.2 Å². The fourth-order valence-corrected chi connectivity index (χ4v) is 1.22. The molecule has 106 valence electrons. The Hall–Kier alpha value is -1.30. The summed E-state index contributed by atoms with van der Waals surface area (Å²) >= 11 is 0. The average molecular weight is 261 g/mol. The Balaban J connectivity index is 4.10. The second-order valence-corrected chi connectivity index (χ2v) is 4.91. The molecule has 0 aliphatic rings. The number of rotatable bonds is 6. The summed E-state index contributed by atoms with van der Waals surface area (Å²) in [5.74, 6) is -0.376. The molecule has 1 amide bonds. The predicted molar refractivity (Wildman–Crippen MR) is 65.8 cm³/mol. The molecule has 0 fully saturated rings. The molecule has 1 unspecified atom stereocenters. The maximum Gasteiger partial charge on any atom is 0.431 e. The molecule has 0 bridgehead atoms. The summed E-state index contributed by atoms with van der Waals surface area (Å²) in [5, 5.41) is 0. The van der Waals surface area contributed by atoms with Crippen LogP contribution in [0.2, 0.25) is 0 Å². The van der Waals surface area contributed by atoms with Gasteiger partial charge in [-0.15, -0.1) is 0 Å². The number of carbonyl (C=O) groups excluding carboxylic acids is 2. The Morgan fingerprint density at radius 1 is 1.28 bits per heavy atom. The van der Waals surface area contributed by atoms with E-state index in [1.165, 1.54) is 7.11 Å². The van der Waals surface area contributed by atoms with Crippen LogP contribution in [0.15, 0.2) is 0 Å². The Labute approximate surface area is 108 Å². The first-order valence-corrected chi connectivity index (χ1v) is 6.00. The van der Waals surface area contributed by atoms with E-state index in [4.69, 9.17) is 9.57 Å². The van der Waals surface area contributed by atoms with Gasteiger partial charge in [0.05, 0.1) is 19.6 Å². The molecule has 0 radical (unpaired) electrons. The first-order valence-electron chi connectivity index (χ1n) is 6.00. The van der Waals surface area contributed by atoms with Crippen LogP contribution in [0.5, 0.6) is 0 Å². The molecule has 0 aliphatic carbocycles. The molecular weight excluding hydrogens is 238 g/mol. The van der Waals surface area contributed by atoms with Gasteiger partial charge in [0.2, 0.25) is 0 Å². The summed E-state index contributed by atoms with van der Waals surface area (Å²) < 4.78 is 9.56. The maximum atomic E-state index is 11.3. The topological polar surface area (TPSA) is 73.9 Å². The molecule has 0 aromatic carbocycles. The quantitative estimate of drug-likeness (QED) is 0.586. The first kappa shape index (κ1) is 16.7. The van der Waals surface area contributed by atoms with Crippen molar-refractivity contribution in [2.75, 3.05) is 7.11 Å². The van der Waals surface area contributed by atoms with Crippen LogP contribution in [0.25, 0.3) is 0 Å². The standard InChI is InChI=1S/C12H23NO5/c1-6-7-9(8-10(14)16-5)18-13-11(15)17-12(2,3)4/h9H,6-8H2,1-5H3,(H,13,15). The summed E-state index contributed by atoms with van der Waals surface area (Å²) in [6.45, 7) is 7.22. The summed E-state index contributed by atoms with van der Waals surface area (Å²) in [7, 11) is 1.31. The number of hydrogen-bond acceptors (Lipinski definition) is 5. The molecule has 0 aromatic heterocycles. The monoisotopic (exact) mass is 261 g/mol. The van der Waals surface area contributed by atoms with Crippen molar-refractivity contribution in [3.8, 4) is 0 Å². The van der Waals surface area contributed by atoms with Gasteiger partial charge in [-0.2, -0.15) is 5.48 Å². The molecule has 0 aromatic rings. The fraction of sp³-hybridized carbons (Fsp3) is 0.833. The molecule has 0 spiro atoms. The van der Waals surface area contributed by atoms with Gasteiger partial charge in [0.15, 0.2) is 0 Å². The highest BCUT2D eigenvalue weighted by Crippen LogP contribution is 2.09. The molecule has 0 saturated heterocycles. The number of hydrogen-bond donors (Lipinski definition) is 1. The average Bonchev–Trinajstić information content (AvgIpc) is 2.23. The van der Waals surface area contributed by atoms with E-state index < -0.39 is 17.8 Å². The molecule has 6 heteroatoms. The van der Waals surface area contributed by atoms with Crippen LogP contribution in [-0.4, -0.2) is 30.9 Å². The number of carbonyl (C=O) groups is 2. The van der Waals surface area contributed by atoms with Gasteiger partial charge >= 0.3 is 12.1 Å². The third kappa shape index (κ3) is 8.81. The van der Waals surface area contributed by atoms with Gasteiger partial charge in [0, 0.05) is 0 Å². The van der Waals surface area contributed by atoms with Crippen molar-refractivity contribution >= 4 is 12.1 Å². The third-order valence-electron chi connectivity index (χ3n) is 1.94. The number of amides is 1. The molecule has 0 heterocycles. The van der Waals surface area contributed by atoms with E-state index in [-0.39, 0.29) is 12.4 Å². The summed E-state index contributed by atoms with van der Waals surface area (Å²) in [4.78, 5) is 27.6. The van der Waals surface area contributed by atoms with Crippen molar-refractivity contribution < 1.29 is 23.9 Å². The number of methoxy groups -OCH3 is 1. The molecular formula is C12H23NO5. The maximum absolute atomic E-state index is 11.3. The van der Waals surface area contributed by atoms with E-state index in [0.29, 0.717) is 6.42 Å². The first-order chi connectivity index (χ1) is 8.28. The Bertz CT molecular complexity index is 272. The van der Waals surface area contributed by atoms with Crippen molar-refractivity contribution in [2.24, 2.45) is 0 Å². The van der Waals surface area contributed by atoms with Crippen LogP contribution in [0, 0.1) is 0 Å². The van der Waals surface area contributed by atoms with E-state index >= 15 is 0 Å². The smallest absolute Gasteiger partial charge is 0.431 e. The summed E-state index contributed by atoms with van der Waals surface area (Å²) in [6.07, 6.45) is 0.492. The second kappa shape index (κ2) is 7.92. The molecule has 6 nitrogen and oxygen atoms in total. The van der Waals surface area contributed by atoms with E-state index in [2.05, 4.69) is 10.2 Å². The highest BCUT2D eigenvalue weighted by Gasteiger charge is 2.19. The van der Waals surface area contributed by atoms with Gasteiger partial charge < -0.3 is 9.47 Å². The van der Waals surface area contributed by atoms with E-state index in [1.54, 1.807) is 20.8 Å². The lowest BCUT2D eigenvalue weighted by Gasteiger charge is -2.21. The SMILES string of the molecule is CCCC(CC(=O)OC)ONC(=O)OC(C)(C)C. The van der Waals surface area contributed by atoms with Gasteiger partial charge in [0.1, 0.15) is 5.60 Å². The van der Waals surface area contributed by atoms with Gasteiger partial charge in [0.25, 0.3) is 0 Å². The number of nitrogens with one attached hydrogen (secondary N) is 1. The third-order valence-corrected chi connectivity index (χ3v) is 1.94. The van der Waals surface area contributed by atoms with Crippen LogP contribution in [-0.2, 0) is 19.1 Å². The van der Waals surface area contributed by atoms with E-state index in [1.807, 2.05) is 6.92 Å². The Morgan fingerprint density at radius 3 is 2.33 bits per heavy atom. The molecule has 18 heavy (non-hydrogen) atoms. The van der Waals surface area contributed by atoms with Gasteiger partial charge in [-0.3, -0.25) is 9.63 Å². The minimum atomic E-state index is -0.673. The lowest BCUT2D eigenvalue weighted by atomic mass is 10.1. The van der Waals surface area contributed by atoms with Crippen molar-refractivity contribution in [2.45, 2.75) is 58.7 Å². The number of ether oxygens (including phenoxy) is 2. The van der Waals surface area contributed by atoms with Crippen molar-refractivity contribution in [1.29, 1.82) is 0 Å². The lowest BCUT2D eigenvalue weighted by molar-refractivity contribution is -0.145. The molecule has 0 saturated carbocycles. The van der Waals surface area contributed by atoms with Crippen LogP contribution in [0.1, 0.15) is 47.0 Å². The zero-order valence-corrected chi connectivity index (χ0v) is 11.7. The summed E-state index contributed by atoms with van der Waals surface area (Å²) in [5.41, 5.74) is 1.60. The highest BCUT2D eigenvalue weighted by molar-refractivity contribution is 5.70. The van der Waals surface area contributed by atoms with Crippen LogP contribution in [0.3, 0.4) is 0 Å². The predicted octanol–water partition coefficient (Wildman–Crippen LogP) is 2.17. The fourth-order valence-electron chi connectivity index (χ4n) is 1.22. The minimum absolute atomic E-state index is 0.0974. The van der Waals surface area contributed by atoms with Gasteiger partial charge in [-0.1, -0.05) is 13.3 Å². The zero-order valence-electron chi connectivity index (χ0n) is 11.7. The largest absolute Gasteiger partial charge is 0.469 e. The summed E-state index contributed by atoms with van der Waals surface area (Å²) in [6, 6.07) is 0. The van der Waals surface area contributed by atoms with Crippen LogP contribution < -0.4 is 5.48 Å². The highest BCUT2D eigenvalue weighted by atomic mass is 16.7. The van der Waals surface area contributed by atoms with E-state index in [0.717, 1.165) is 6.42 Å². The van der Waals surface area contributed by atoms with E-state index in [9.17, 15) is 9.59 Å². The van der Waals surface area contributed by atoms with Crippen molar-refractivity contribution in [1.82, 2.24) is 5.48 Å². The number of hydroxylamine groups is 1. The Morgan fingerprint density at radius 2 is 1.89 bits per heavy atom. The van der Waals surface area contributed by atoms with Crippen LogP contribution >= 0.6 is 0 Å².